The number of amides is 1. The molecule has 0 radical (unpaired) electrons. The molecule has 1 aliphatic carbocycles. The van der Waals surface area contributed by atoms with Crippen LogP contribution in [0.15, 0.2) is 29.2 Å². The number of carbonyl (C=O) groups excluding carboxylic acids is 1. The minimum absolute atomic E-state index is 0.00591. The number of nitrogens with one attached hydrogen (secondary N) is 2. The van der Waals surface area contributed by atoms with Gasteiger partial charge in [0.25, 0.3) is 0 Å². The van der Waals surface area contributed by atoms with Gasteiger partial charge >= 0.3 is 0 Å². The third-order valence-corrected chi connectivity index (χ3v) is 7.21. The van der Waals surface area contributed by atoms with Crippen LogP contribution in [0, 0.1) is 11.7 Å². The minimum atomic E-state index is -3.71. The summed E-state index contributed by atoms with van der Waals surface area (Å²) in [5.74, 6) is -0.392. The summed E-state index contributed by atoms with van der Waals surface area (Å²) in [6.45, 7) is -0.0327. The van der Waals surface area contributed by atoms with Gasteiger partial charge in [-0.15, -0.1) is 0 Å². The van der Waals surface area contributed by atoms with Crippen LogP contribution in [-0.2, 0) is 19.6 Å². The summed E-state index contributed by atoms with van der Waals surface area (Å²) in [6.07, 6.45) is 5.09. The third kappa shape index (κ3) is 5.97. The van der Waals surface area contributed by atoms with Gasteiger partial charge in [-0.1, -0.05) is 12.8 Å². The maximum atomic E-state index is 13.0. The maximum Gasteiger partial charge on any atom is 0.240 e. The summed E-state index contributed by atoms with van der Waals surface area (Å²) in [6, 6.07) is 4.41. The molecule has 3 atom stereocenters. The smallest absolute Gasteiger partial charge is 0.240 e. The normalized spacial score (nSPS) is 25.8. The van der Waals surface area contributed by atoms with E-state index in [1.54, 1.807) is 0 Å². The first-order valence-corrected chi connectivity index (χ1v) is 11.7. The quantitative estimate of drug-likeness (QED) is 0.585. The molecule has 1 aromatic carbocycles. The second-order valence-corrected chi connectivity index (χ2v) is 9.56. The van der Waals surface area contributed by atoms with E-state index in [9.17, 15) is 22.7 Å². The second-order valence-electron chi connectivity index (χ2n) is 7.79. The Morgan fingerprint density at radius 2 is 1.83 bits per heavy atom. The van der Waals surface area contributed by atoms with Crippen molar-refractivity contribution in [1.82, 2.24) is 10.0 Å². The Labute approximate surface area is 171 Å². The molecule has 0 bridgehead atoms. The predicted molar refractivity (Wildman–Crippen MR) is 105 cm³/mol. The first-order chi connectivity index (χ1) is 13.9. The number of rotatable bonds is 8. The largest absolute Gasteiger partial charge is 0.394 e. The average molecular weight is 429 g/mol. The Morgan fingerprint density at radius 1 is 1.14 bits per heavy atom. The zero-order valence-electron chi connectivity index (χ0n) is 16.3. The number of halogens is 1. The molecule has 1 heterocycles. The number of sulfonamides is 1. The SMILES string of the molecule is O=C(N[C@@H]1CC[C@@H](CCNS(=O)(=O)c2ccc(F)cc2)O[C@H]1CO)C1CCCC1. The van der Waals surface area contributed by atoms with Gasteiger partial charge in [-0.05, 0) is 56.4 Å². The number of hydrogen-bond acceptors (Lipinski definition) is 5. The van der Waals surface area contributed by atoms with Gasteiger partial charge < -0.3 is 15.2 Å². The highest BCUT2D eigenvalue weighted by molar-refractivity contribution is 7.89. The summed E-state index contributed by atoms with van der Waals surface area (Å²) in [5, 5.41) is 12.7. The van der Waals surface area contributed by atoms with Crippen molar-refractivity contribution in [1.29, 1.82) is 0 Å². The van der Waals surface area contributed by atoms with Crippen LogP contribution in [0.25, 0.3) is 0 Å². The number of carbonyl (C=O) groups is 1. The Kier molecular flexibility index (Phi) is 7.61. The Morgan fingerprint density at radius 3 is 2.48 bits per heavy atom. The van der Waals surface area contributed by atoms with E-state index in [1.807, 2.05) is 0 Å². The average Bonchev–Trinajstić information content (AvgIpc) is 3.24. The van der Waals surface area contributed by atoms with E-state index >= 15 is 0 Å². The molecule has 0 aromatic heterocycles. The van der Waals surface area contributed by atoms with Crippen LogP contribution in [0.4, 0.5) is 4.39 Å². The molecule has 162 valence electrons. The molecule has 3 rings (SSSR count). The van der Waals surface area contributed by atoms with Gasteiger partial charge in [-0.2, -0.15) is 0 Å². The first kappa shape index (κ1) is 22.1. The third-order valence-electron chi connectivity index (χ3n) is 5.73. The van der Waals surface area contributed by atoms with Crippen molar-refractivity contribution in [3.63, 3.8) is 0 Å². The molecule has 1 aromatic rings. The summed E-state index contributed by atoms with van der Waals surface area (Å²) >= 11 is 0. The highest BCUT2D eigenvalue weighted by atomic mass is 32.2. The van der Waals surface area contributed by atoms with Crippen LogP contribution in [-0.4, -0.2) is 50.8 Å². The molecule has 1 saturated carbocycles. The van der Waals surface area contributed by atoms with Crippen LogP contribution in [0.3, 0.4) is 0 Å². The van der Waals surface area contributed by atoms with E-state index in [2.05, 4.69) is 10.0 Å². The molecular weight excluding hydrogens is 399 g/mol. The van der Waals surface area contributed by atoms with Crippen molar-refractivity contribution in [2.75, 3.05) is 13.2 Å². The van der Waals surface area contributed by atoms with E-state index in [-0.39, 0.29) is 42.0 Å². The van der Waals surface area contributed by atoms with Gasteiger partial charge in [0.1, 0.15) is 11.9 Å². The van der Waals surface area contributed by atoms with E-state index in [4.69, 9.17) is 4.74 Å². The van der Waals surface area contributed by atoms with Gasteiger partial charge in [0.15, 0.2) is 0 Å². The molecule has 0 spiro atoms. The van der Waals surface area contributed by atoms with Crippen LogP contribution in [0.5, 0.6) is 0 Å². The van der Waals surface area contributed by atoms with Crippen molar-refractivity contribution >= 4 is 15.9 Å². The van der Waals surface area contributed by atoms with E-state index < -0.39 is 21.9 Å². The Balaban J connectivity index is 1.45. The zero-order valence-corrected chi connectivity index (χ0v) is 17.2. The summed E-state index contributed by atoms with van der Waals surface area (Å²) in [7, 11) is -3.71. The van der Waals surface area contributed by atoms with Crippen molar-refractivity contribution in [2.24, 2.45) is 5.92 Å². The fraction of sp³-hybridized carbons (Fsp3) is 0.650. The van der Waals surface area contributed by atoms with Gasteiger partial charge in [-0.25, -0.2) is 17.5 Å². The molecule has 3 N–H and O–H groups in total. The molecular formula is C20H29FN2O5S. The fourth-order valence-corrected chi connectivity index (χ4v) is 5.10. The fourth-order valence-electron chi connectivity index (χ4n) is 4.05. The molecule has 1 saturated heterocycles. The molecule has 9 heteroatoms. The standard InChI is InChI=1S/C20H29FN2O5S/c21-15-5-8-17(9-6-15)29(26,27)22-12-11-16-7-10-18(19(13-24)28-16)23-20(25)14-3-1-2-4-14/h5-6,8-9,14,16,18-19,22,24H,1-4,7,10-13H2,(H,23,25)/t16-,18+,19-/m0/s1. The molecule has 2 aliphatic rings. The summed E-state index contributed by atoms with van der Waals surface area (Å²) in [5.41, 5.74) is 0. The summed E-state index contributed by atoms with van der Waals surface area (Å²) < 4.78 is 45.8. The highest BCUT2D eigenvalue weighted by Crippen LogP contribution is 2.27. The molecule has 7 nitrogen and oxygen atoms in total. The number of benzene rings is 1. The van der Waals surface area contributed by atoms with E-state index in [1.165, 1.54) is 12.1 Å². The molecule has 2 fully saturated rings. The maximum absolute atomic E-state index is 13.0. The van der Waals surface area contributed by atoms with Crippen molar-refractivity contribution in [3.8, 4) is 0 Å². The molecule has 1 amide bonds. The lowest BCUT2D eigenvalue weighted by atomic mass is 9.96. The Bertz CT molecular complexity index is 781. The van der Waals surface area contributed by atoms with E-state index in [0.29, 0.717) is 19.3 Å². The predicted octanol–water partition coefficient (Wildman–Crippen LogP) is 1.71. The Hall–Kier alpha value is -1.55. The first-order valence-electron chi connectivity index (χ1n) is 10.2. The molecule has 0 unspecified atom stereocenters. The van der Waals surface area contributed by atoms with Crippen molar-refractivity contribution < 1.29 is 27.4 Å². The zero-order chi connectivity index (χ0) is 20.9. The van der Waals surface area contributed by atoms with Gasteiger partial charge in [0.2, 0.25) is 15.9 Å². The lowest BCUT2D eigenvalue weighted by molar-refractivity contribution is -0.131. The number of aliphatic hydroxyl groups excluding tert-OH is 1. The van der Waals surface area contributed by atoms with Crippen LogP contribution in [0.2, 0.25) is 0 Å². The summed E-state index contributed by atoms with van der Waals surface area (Å²) in [4.78, 5) is 12.4. The van der Waals surface area contributed by atoms with Crippen LogP contribution in [0.1, 0.15) is 44.9 Å². The van der Waals surface area contributed by atoms with Crippen molar-refractivity contribution in [3.05, 3.63) is 30.1 Å². The van der Waals surface area contributed by atoms with Crippen LogP contribution < -0.4 is 10.0 Å². The monoisotopic (exact) mass is 428 g/mol. The topological polar surface area (TPSA) is 105 Å². The second kappa shape index (κ2) is 9.97. The van der Waals surface area contributed by atoms with Gasteiger partial charge in [0, 0.05) is 12.5 Å². The van der Waals surface area contributed by atoms with Gasteiger partial charge in [0.05, 0.1) is 23.6 Å². The lowest BCUT2D eigenvalue weighted by Gasteiger charge is -2.36. The van der Waals surface area contributed by atoms with Crippen molar-refractivity contribution in [2.45, 2.75) is 68.1 Å². The van der Waals surface area contributed by atoms with Crippen LogP contribution >= 0.6 is 0 Å². The lowest BCUT2D eigenvalue weighted by Crippen LogP contribution is -2.52. The highest BCUT2D eigenvalue weighted by Gasteiger charge is 2.33. The minimum Gasteiger partial charge on any atom is -0.394 e. The molecule has 1 aliphatic heterocycles. The number of hydrogen-bond donors (Lipinski definition) is 3. The molecule has 29 heavy (non-hydrogen) atoms. The number of ether oxygens (including phenoxy) is 1. The van der Waals surface area contributed by atoms with Gasteiger partial charge in [-0.3, -0.25) is 4.79 Å². The number of aliphatic hydroxyl groups is 1. The van der Waals surface area contributed by atoms with E-state index in [0.717, 1.165) is 37.8 Å².